The van der Waals surface area contributed by atoms with Gasteiger partial charge >= 0.3 is 35.6 Å². The fraction of sp³-hybridized carbons (Fsp3) is 0.217. The van der Waals surface area contributed by atoms with Crippen LogP contribution in [0.25, 0.3) is 0 Å². The second kappa shape index (κ2) is 12.2. The zero-order chi connectivity index (χ0) is 24.0. The number of carbonyl (C=O) groups is 4. The van der Waals surface area contributed by atoms with Gasteiger partial charge in [0, 0.05) is 50.0 Å². The van der Waals surface area contributed by atoms with Crippen LogP contribution in [0.3, 0.4) is 0 Å². The van der Waals surface area contributed by atoms with Crippen LogP contribution in [0.2, 0.25) is 0 Å². The number of amides is 3. The minimum atomic E-state index is -1.44. The molecule has 0 saturated carbocycles. The maximum absolute atomic E-state index is 12.9. The second-order valence-corrected chi connectivity index (χ2v) is 7.07. The smallest absolute Gasteiger partial charge is 0.550 e. The molecule has 0 fully saturated rings. The van der Waals surface area contributed by atoms with Gasteiger partial charge < -0.3 is 29.6 Å². The first-order valence-electron chi connectivity index (χ1n) is 9.97. The molecule has 0 bridgehead atoms. The molecule has 0 saturated heterocycles. The number of anilines is 1. The normalized spacial score (nSPS) is 14.8. The summed E-state index contributed by atoms with van der Waals surface area (Å²) in [5.41, 5.74) is 0.245. The summed E-state index contributed by atoms with van der Waals surface area (Å²) in [6.45, 7) is -0.227. The van der Waals surface area contributed by atoms with E-state index in [1.54, 1.807) is 43.5 Å². The number of hydrogen-bond donors (Lipinski definition) is 1. The van der Waals surface area contributed by atoms with Gasteiger partial charge in [-0.1, -0.05) is 6.07 Å². The van der Waals surface area contributed by atoms with Crippen LogP contribution in [0.5, 0.6) is 17.2 Å². The molecule has 1 aliphatic heterocycles. The first kappa shape index (κ1) is 26.9. The summed E-state index contributed by atoms with van der Waals surface area (Å²) in [4.78, 5) is 51.0. The monoisotopic (exact) mass is 475 g/mol. The van der Waals surface area contributed by atoms with E-state index in [4.69, 9.17) is 9.47 Å². The topological polar surface area (TPSA) is 128 Å². The summed E-state index contributed by atoms with van der Waals surface area (Å²) in [5, 5.41) is 13.1. The van der Waals surface area contributed by atoms with Gasteiger partial charge in [-0.05, 0) is 36.4 Å². The maximum Gasteiger partial charge on any atom is 1.00 e. The Balaban J connectivity index is 0.00000408. The van der Waals surface area contributed by atoms with E-state index < -0.39 is 36.2 Å². The summed E-state index contributed by atoms with van der Waals surface area (Å²) in [6, 6.07) is 10.9. The second-order valence-electron chi connectivity index (χ2n) is 7.07. The molecular weight excluding hydrogens is 453 g/mol. The molecule has 34 heavy (non-hydrogen) atoms. The molecule has 1 atom stereocenters. The number of likely N-dealkylation sites (N-methyl/N-ethyl adjacent to an activating group) is 1. The molecule has 3 rings (SSSR count). The molecule has 10 nitrogen and oxygen atoms in total. The van der Waals surface area contributed by atoms with Crippen molar-refractivity contribution >= 4 is 29.4 Å². The van der Waals surface area contributed by atoms with Gasteiger partial charge in [-0.15, -0.1) is 0 Å². The summed E-state index contributed by atoms with van der Waals surface area (Å²) >= 11 is 0. The Morgan fingerprint density at radius 3 is 2.41 bits per heavy atom. The van der Waals surface area contributed by atoms with Gasteiger partial charge in [-0.3, -0.25) is 14.5 Å². The molecule has 1 N–H and O–H groups in total. The number of carbonyl (C=O) groups excluding carboxylic acids is 4. The number of ether oxygens (including phenoxy) is 2. The number of carboxylic acids is 1. The summed E-state index contributed by atoms with van der Waals surface area (Å²) in [6.07, 6.45) is 2.10. The molecule has 1 heterocycles. The zero-order valence-corrected chi connectivity index (χ0v) is 21.0. The number of methoxy groups -OCH3 is 1. The summed E-state index contributed by atoms with van der Waals surface area (Å²) in [5.74, 6) is -0.923. The van der Waals surface area contributed by atoms with Crippen molar-refractivity contribution in [3.63, 3.8) is 0 Å². The van der Waals surface area contributed by atoms with Crippen molar-refractivity contribution in [3.8, 4) is 17.2 Å². The van der Waals surface area contributed by atoms with Crippen LogP contribution in [-0.4, -0.2) is 55.3 Å². The van der Waals surface area contributed by atoms with E-state index in [0.717, 1.165) is 4.90 Å². The minimum Gasteiger partial charge on any atom is -0.550 e. The van der Waals surface area contributed by atoms with Gasteiger partial charge in [0.15, 0.2) is 11.8 Å². The van der Waals surface area contributed by atoms with E-state index >= 15 is 0 Å². The predicted molar refractivity (Wildman–Crippen MR) is 116 cm³/mol. The number of ketones is 1. The molecular formula is C23H22N3NaO7. The maximum atomic E-state index is 12.9. The number of hydrogen-bond acceptors (Lipinski definition) is 7. The molecule has 3 amide bonds. The van der Waals surface area contributed by atoms with Crippen LogP contribution in [0.1, 0.15) is 6.42 Å². The standard InChI is InChI=1S/C23H23N3O7.Na/c1-25-13-11-19(27)21(22(25)30)26(23(31)24-12-10-20(28)29)15-6-8-16(9-7-15)33-18-5-3-4-17(14-18)32-2;/h3-9,11,13-14,21H,10,12H2,1-2H3,(H,24,31)(H,28,29);/q;+1/p-1/t21-;/m0./s1. The molecule has 11 heteroatoms. The van der Waals surface area contributed by atoms with Gasteiger partial charge in [0.25, 0.3) is 5.91 Å². The summed E-state index contributed by atoms with van der Waals surface area (Å²) < 4.78 is 11.0. The van der Waals surface area contributed by atoms with E-state index in [2.05, 4.69) is 5.32 Å². The average molecular weight is 475 g/mol. The van der Waals surface area contributed by atoms with Crippen molar-refractivity contribution in [1.82, 2.24) is 10.2 Å². The molecule has 1 aliphatic rings. The molecule has 0 radical (unpaired) electrons. The molecule has 2 aromatic carbocycles. The molecule has 2 aromatic rings. The van der Waals surface area contributed by atoms with Crippen LogP contribution < -0.4 is 54.4 Å². The minimum absolute atomic E-state index is 0. The molecule has 172 valence electrons. The molecule has 0 aliphatic carbocycles. The van der Waals surface area contributed by atoms with Crippen LogP contribution in [0.15, 0.2) is 60.8 Å². The van der Waals surface area contributed by atoms with Crippen molar-refractivity contribution in [1.29, 1.82) is 0 Å². The van der Waals surface area contributed by atoms with Crippen molar-refractivity contribution in [3.05, 3.63) is 60.8 Å². The Morgan fingerprint density at radius 1 is 1.09 bits per heavy atom. The molecule has 0 spiro atoms. The van der Waals surface area contributed by atoms with E-state index in [1.807, 2.05) is 0 Å². The largest absolute Gasteiger partial charge is 1.00 e. The third kappa shape index (κ3) is 6.60. The quantitative estimate of drug-likeness (QED) is 0.348. The van der Waals surface area contributed by atoms with Gasteiger partial charge in [-0.2, -0.15) is 0 Å². The first-order valence-corrected chi connectivity index (χ1v) is 9.97. The van der Waals surface area contributed by atoms with Gasteiger partial charge in [0.05, 0.1) is 7.11 Å². The van der Waals surface area contributed by atoms with Crippen LogP contribution in [0, 0.1) is 0 Å². The molecule has 0 unspecified atom stereocenters. The van der Waals surface area contributed by atoms with Crippen LogP contribution in [0.4, 0.5) is 10.5 Å². The number of nitrogens with zero attached hydrogens (tertiary/aromatic N) is 2. The average Bonchev–Trinajstić information content (AvgIpc) is 2.80. The van der Waals surface area contributed by atoms with Crippen molar-refractivity contribution < 1.29 is 63.3 Å². The number of aliphatic carboxylic acids is 1. The van der Waals surface area contributed by atoms with Crippen molar-refractivity contribution in [2.24, 2.45) is 0 Å². The van der Waals surface area contributed by atoms with E-state index in [9.17, 15) is 24.3 Å². The Kier molecular flexibility index (Phi) is 9.67. The van der Waals surface area contributed by atoms with Crippen molar-refractivity contribution in [2.45, 2.75) is 12.5 Å². The van der Waals surface area contributed by atoms with Crippen LogP contribution in [-0.2, 0) is 14.4 Å². The molecule has 0 aromatic heterocycles. The predicted octanol–water partition coefficient (Wildman–Crippen LogP) is -1.93. The van der Waals surface area contributed by atoms with E-state index in [1.165, 1.54) is 36.4 Å². The van der Waals surface area contributed by atoms with Crippen molar-refractivity contribution in [2.75, 3.05) is 25.6 Å². The first-order chi connectivity index (χ1) is 15.8. The number of nitrogens with one attached hydrogen (secondary N) is 1. The Morgan fingerprint density at radius 2 is 1.76 bits per heavy atom. The number of carboxylic acid groups (broad SMARTS) is 1. The fourth-order valence-corrected chi connectivity index (χ4v) is 3.12. The third-order valence-electron chi connectivity index (χ3n) is 4.79. The number of rotatable bonds is 8. The zero-order valence-electron chi connectivity index (χ0n) is 19.0. The van der Waals surface area contributed by atoms with Crippen LogP contribution >= 0.6 is 0 Å². The fourth-order valence-electron chi connectivity index (χ4n) is 3.12. The van der Waals surface area contributed by atoms with E-state index in [0.29, 0.717) is 17.2 Å². The third-order valence-corrected chi connectivity index (χ3v) is 4.79. The van der Waals surface area contributed by atoms with Gasteiger partial charge in [-0.25, -0.2) is 4.79 Å². The Labute approximate surface area is 218 Å². The SMILES string of the molecule is COc1cccc(Oc2ccc(N(C(=O)NCCC(=O)[O-])[C@H]3C(=O)C=CN(C)C3=O)cc2)c1.[Na+]. The van der Waals surface area contributed by atoms with Gasteiger partial charge in [0.2, 0.25) is 0 Å². The van der Waals surface area contributed by atoms with E-state index in [-0.39, 0.29) is 41.8 Å². The van der Waals surface area contributed by atoms with Gasteiger partial charge in [0.1, 0.15) is 17.2 Å². The Hall–Kier alpha value is -3.34. The number of urea groups is 1. The summed E-state index contributed by atoms with van der Waals surface area (Å²) in [7, 11) is 3.01. The Bertz CT molecular complexity index is 1090. The number of benzene rings is 2.